The second kappa shape index (κ2) is 7.41. The van der Waals surface area contributed by atoms with Gasteiger partial charge in [0.15, 0.2) is 5.78 Å². The fourth-order valence-corrected chi connectivity index (χ4v) is 2.67. The Morgan fingerprint density at radius 3 is 2.80 bits per heavy atom. The van der Waals surface area contributed by atoms with E-state index in [4.69, 9.17) is 9.84 Å². The largest absolute Gasteiger partial charge is 0.494 e. The molecule has 1 aliphatic rings. The van der Waals surface area contributed by atoms with Gasteiger partial charge in [0.1, 0.15) is 5.75 Å². The molecule has 1 saturated heterocycles. The van der Waals surface area contributed by atoms with Gasteiger partial charge in [0.05, 0.1) is 13.2 Å². The highest BCUT2D eigenvalue weighted by Gasteiger charge is 2.23. The predicted octanol–water partition coefficient (Wildman–Crippen LogP) is 1.97. The first-order valence-electron chi connectivity index (χ1n) is 7.32. The van der Waals surface area contributed by atoms with Crippen molar-refractivity contribution >= 4 is 5.78 Å². The molecule has 2 rings (SSSR count). The minimum atomic E-state index is 0.151. The van der Waals surface area contributed by atoms with Gasteiger partial charge >= 0.3 is 0 Å². The molecule has 1 aliphatic heterocycles. The molecule has 1 unspecified atom stereocenters. The Balaban J connectivity index is 1.85. The maximum Gasteiger partial charge on any atom is 0.176 e. The van der Waals surface area contributed by atoms with E-state index in [-0.39, 0.29) is 12.4 Å². The van der Waals surface area contributed by atoms with Crippen LogP contribution in [-0.2, 0) is 0 Å². The Morgan fingerprint density at radius 2 is 2.15 bits per heavy atom. The lowest BCUT2D eigenvalue weighted by Gasteiger charge is -2.15. The highest BCUT2D eigenvalue weighted by molar-refractivity contribution is 5.97. The molecule has 1 heterocycles. The second-order valence-electron chi connectivity index (χ2n) is 5.28. The summed E-state index contributed by atoms with van der Waals surface area (Å²) in [6.45, 7) is 5.15. The zero-order valence-corrected chi connectivity index (χ0v) is 12.0. The van der Waals surface area contributed by atoms with Gasteiger partial charge in [-0.1, -0.05) is 0 Å². The molecule has 0 amide bonds. The van der Waals surface area contributed by atoms with Crippen molar-refractivity contribution in [3.05, 3.63) is 29.8 Å². The maximum atomic E-state index is 12.2. The van der Waals surface area contributed by atoms with E-state index in [2.05, 4.69) is 4.90 Å². The van der Waals surface area contributed by atoms with E-state index in [0.717, 1.165) is 37.2 Å². The highest BCUT2D eigenvalue weighted by atomic mass is 16.5. The SMILES string of the molecule is CCOc1ccc(C(=O)CN2CCC(CCO)C2)cc1. The summed E-state index contributed by atoms with van der Waals surface area (Å²) in [6.07, 6.45) is 1.92. The second-order valence-corrected chi connectivity index (χ2v) is 5.28. The van der Waals surface area contributed by atoms with Crippen LogP contribution in [0.1, 0.15) is 30.1 Å². The fraction of sp³-hybridized carbons (Fsp3) is 0.562. The van der Waals surface area contributed by atoms with Crippen molar-refractivity contribution in [1.29, 1.82) is 0 Å². The number of hydrogen-bond donors (Lipinski definition) is 1. The summed E-state index contributed by atoms with van der Waals surface area (Å²) in [6, 6.07) is 7.34. The lowest BCUT2D eigenvalue weighted by Crippen LogP contribution is -2.28. The first-order valence-corrected chi connectivity index (χ1v) is 7.32. The van der Waals surface area contributed by atoms with Gasteiger partial charge < -0.3 is 9.84 Å². The number of aliphatic hydroxyl groups excluding tert-OH is 1. The number of nitrogens with zero attached hydrogens (tertiary/aromatic N) is 1. The number of benzene rings is 1. The van der Waals surface area contributed by atoms with E-state index in [1.165, 1.54) is 0 Å². The number of hydrogen-bond acceptors (Lipinski definition) is 4. The first kappa shape index (κ1) is 15.0. The average Bonchev–Trinajstić information content (AvgIpc) is 2.88. The van der Waals surface area contributed by atoms with Crippen LogP contribution in [0, 0.1) is 5.92 Å². The monoisotopic (exact) mass is 277 g/mol. The third-order valence-electron chi connectivity index (χ3n) is 3.76. The minimum absolute atomic E-state index is 0.151. The number of likely N-dealkylation sites (tertiary alicyclic amines) is 1. The van der Waals surface area contributed by atoms with Crippen molar-refractivity contribution in [3.63, 3.8) is 0 Å². The van der Waals surface area contributed by atoms with Crippen LogP contribution in [0.3, 0.4) is 0 Å². The van der Waals surface area contributed by atoms with Gasteiger partial charge in [-0.2, -0.15) is 0 Å². The molecule has 4 heteroatoms. The molecule has 0 saturated carbocycles. The molecule has 1 fully saturated rings. The summed E-state index contributed by atoms with van der Waals surface area (Å²) in [5.41, 5.74) is 0.735. The zero-order valence-electron chi connectivity index (χ0n) is 12.0. The van der Waals surface area contributed by atoms with Gasteiger partial charge in [-0.15, -0.1) is 0 Å². The van der Waals surface area contributed by atoms with Crippen LogP contribution < -0.4 is 4.74 Å². The van der Waals surface area contributed by atoms with Gasteiger partial charge in [-0.25, -0.2) is 0 Å². The summed E-state index contributed by atoms with van der Waals surface area (Å²) in [7, 11) is 0. The summed E-state index contributed by atoms with van der Waals surface area (Å²) in [4.78, 5) is 14.4. The van der Waals surface area contributed by atoms with Gasteiger partial charge in [0.2, 0.25) is 0 Å². The van der Waals surface area contributed by atoms with E-state index in [1.807, 2.05) is 31.2 Å². The number of carbonyl (C=O) groups is 1. The van der Waals surface area contributed by atoms with Gasteiger partial charge in [-0.05, 0) is 56.5 Å². The smallest absolute Gasteiger partial charge is 0.176 e. The van der Waals surface area contributed by atoms with Crippen molar-refractivity contribution in [2.24, 2.45) is 5.92 Å². The molecule has 4 nitrogen and oxygen atoms in total. The van der Waals surface area contributed by atoms with E-state index in [1.54, 1.807) is 0 Å². The van der Waals surface area contributed by atoms with Crippen LogP contribution in [-0.4, -0.2) is 48.6 Å². The zero-order chi connectivity index (χ0) is 14.4. The predicted molar refractivity (Wildman–Crippen MR) is 78.2 cm³/mol. The first-order chi connectivity index (χ1) is 9.72. The van der Waals surface area contributed by atoms with Crippen molar-refractivity contribution in [3.8, 4) is 5.75 Å². The molecule has 0 spiro atoms. The van der Waals surface area contributed by atoms with E-state index in [0.29, 0.717) is 19.1 Å². The molecular formula is C16H23NO3. The molecule has 1 aromatic rings. The Hall–Kier alpha value is -1.39. The summed E-state index contributed by atoms with van der Waals surface area (Å²) >= 11 is 0. The highest BCUT2D eigenvalue weighted by Crippen LogP contribution is 2.20. The lowest BCUT2D eigenvalue weighted by molar-refractivity contribution is 0.0942. The number of ketones is 1. The van der Waals surface area contributed by atoms with E-state index >= 15 is 0 Å². The number of aliphatic hydroxyl groups is 1. The van der Waals surface area contributed by atoms with Gasteiger partial charge in [0, 0.05) is 18.7 Å². The van der Waals surface area contributed by atoms with E-state index < -0.39 is 0 Å². The molecule has 0 aliphatic carbocycles. The third kappa shape index (κ3) is 4.05. The van der Waals surface area contributed by atoms with Crippen molar-refractivity contribution in [1.82, 2.24) is 4.90 Å². The summed E-state index contributed by atoms with van der Waals surface area (Å²) in [5.74, 6) is 1.49. The molecule has 20 heavy (non-hydrogen) atoms. The summed E-state index contributed by atoms with van der Waals surface area (Å²) < 4.78 is 5.37. The molecule has 110 valence electrons. The fourth-order valence-electron chi connectivity index (χ4n) is 2.67. The molecule has 1 N–H and O–H groups in total. The molecule has 1 atom stereocenters. The Labute approximate surface area is 120 Å². The minimum Gasteiger partial charge on any atom is -0.494 e. The maximum absolute atomic E-state index is 12.2. The van der Waals surface area contributed by atoms with Crippen molar-refractivity contribution < 1.29 is 14.6 Å². The number of Topliss-reactive ketones (excluding diaryl/α,β-unsaturated/α-hetero) is 1. The quantitative estimate of drug-likeness (QED) is 0.774. The molecule has 0 bridgehead atoms. The molecule has 0 aromatic heterocycles. The molecule has 0 radical (unpaired) electrons. The molecule has 1 aromatic carbocycles. The van der Waals surface area contributed by atoms with Crippen molar-refractivity contribution in [2.75, 3.05) is 32.8 Å². The Bertz CT molecular complexity index is 430. The van der Waals surface area contributed by atoms with Crippen LogP contribution in [0.5, 0.6) is 5.75 Å². The normalized spacial score (nSPS) is 19.2. The van der Waals surface area contributed by atoms with Crippen LogP contribution in [0.15, 0.2) is 24.3 Å². The standard InChI is InChI=1S/C16H23NO3/c1-2-20-15-5-3-14(4-6-15)16(19)12-17-9-7-13(11-17)8-10-18/h3-6,13,18H,2,7-12H2,1H3. The number of rotatable bonds is 7. The van der Waals surface area contributed by atoms with Gasteiger partial charge in [-0.3, -0.25) is 9.69 Å². The van der Waals surface area contributed by atoms with Crippen LogP contribution in [0.25, 0.3) is 0 Å². The Kier molecular flexibility index (Phi) is 5.56. The Morgan fingerprint density at radius 1 is 1.40 bits per heavy atom. The van der Waals surface area contributed by atoms with E-state index in [9.17, 15) is 4.79 Å². The summed E-state index contributed by atoms with van der Waals surface area (Å²) in [5, 5.41) is 8.95. The average molecular weight is 277 g/mol. The van der Waals surface area contributed by atoms with Crippen LogP contribution in [0.2, 0.25) is 0 Å². The molecular weight excluding hydrogens is 254 g/mol. The van der Waals surface area contributed by atoms with Crippen LogP contribution in [0.4, 0.5) is 0 Å². The number of carbonyl (C=O) groups excluding carboxylic acids is 1. The van der Waals surface area contributed by atoms with Crippen LogP contribution >= 0.6 is 0 Å². The lowest BCUT2D eigenvalue weighted by atomic mass is 10.1. The van der Waals surface area contributed by atoms with Gasteiger partial charge in [0.25, 0.3) is 0 Å². The topological polar surface area (TPSA) is 49.8 Å². The number of ether oxygens (including phenoxy) is 1. The van der Waals surface area contributed by atoms with Crippen molar-refractivity contribution in [2.45, 2.75) is 19.8 Å². The third-order valence-corrected chi connectivity index (χ3v) is 3.76.